The van der Waals surface area contributed by atoms with Gasteiger partial charge in [0.2, 0.25) is 5.91 Å². The number of aliphatic carboxylic acids is 1. The van der Waals surface area contributed by atoms with Crippen LogP contribution in [0.2, 0.25) is 0 Å². The summed E-state index contributed by atoms with van der Waals surface area (Å²) in [5.74, 6) is -1.04. The average molecular weight is 466 g/mol. The first kappa shape index (κ1) is 22.7. The second kappa shape index (κ2) is 9.54. The molecule has 0 saturated carbocycles. The van der Waals surface area contributed by atoms with E-state index in [0.29, 0.717) is 34.3 Å². The number of thioether (sulfide) groups is 1. The zero-order chi connectivity index (χ0) is 23.5. The summed E-state index contributed by atoms with van der Waals surface area (Å²) >= 11 is 1.50. The Hall–Kier alpha value is -3.52. The number of carbonyl (C=O) groups excluding carboxylic acids is 1. The van der Waals surface area contributed by atoms with E-state index in [1.165, 1.54) is 11.8 Å². The Bertz CT molecular complexity index is 1390. The van der Waals surface area contributed by atoms with E-state index in [9.17, 15) is 19.5 Å². The molecule has 0 saturated heterocycles. The zero-order valence-electron chi connectivity index (χ0n) is 18.2. The fourth-order valence-corrected chi connectivity index (χ4v) is 4.33. The smallest absolute Gasteiger partial charge is 0.340 e. The Labute approximate surface area is 193 Å². The van der Waals surface area contributed by atoms with Crippen LogP contribution in [0.5, 0.6) is 0 Å². The molecule has 4 aromatic rings. The predicted molar refractivity (Wildman–Crippen MR) is 129 cm³/mol. The summed E-state index contributed by atoms with van der Waals surface area (Å²) in [5.41, 5.74) is 3.07. The van der Waals surface area contributed by atoms with Gasteiger partial charge in [0.15, 0.2) is 0 Å². The van der Waals surface area contributed by atoms with Gasteiger partial charge in [0.05, 0.1) is 18.2 Å². The molecule has 1 atom stereocenters. The van der Waals surface area contributed by atoms with Gasteiger partial charge in [0, 0.05) is 22.4 Å². The first-order valence-corrected chi connectivity index (χ1v) is 11.8. The average Bonchev–Trinajstić information content (AvgIpc) is 3.21. The molecule has 8 heteroatoms. The topological polar surface area (TPSA) is 110 Å². The van der Waals surface area contributed by atoms with Gasteiger partial charge in [-0.3, -0.25) is 4.79 Å². The highest BCUT2D eigenvalue weighted by molar-refractivity contribution is 7.98. The molecule has 0 bridgehead atoms. The summed E-state index contributed by atoms with van der Waals surface area (Å²) < 4.78 is 11.2. The lowest BCUT2D eigenvalue weighted by molar-refractivity contribution is -0.141. The maximum absolute atomic E-state index is 12.6. The van der Waals surface area contributed by atoms with E-state index in [4.69, 9.17) is 8.83 Å². The van der Waals surface area contributed by atoms with Gasteiger partial charge in [-0.25, -0.2) is 9.59 Å². The maximum atomic E-state index is 12.6. The van der Waals surface area contributed by atoms with Crippen molar-refractivity contribution in [2.75, 3.05) is 12.0 Å². The van der Waals surface area contributed by atoms with Crippen LogP contribution in [-0.4, -0.2) is 35.0 Å². The molecule has 2 N–H and O–H groups in total. The van der Waals surface area contributed by atoms with Gasteiger partial charge in [0.1, 0.15) is 17.2 Å². The van der Waals surface area contributed by atoms with Crippen molar-refractivity contribution in [1.82, 2.24) is 5.32 Å². The number of carboxylic acid groups (broad SMARTS) is 1. The van der Waals surface area contributed by atoms with Gasteiger partial charge in [-0.05, 0) is 42.5 Å². The molecule has 0 aliphatic rings. The van der Waals surface area contributed by atoms with Crippen molar-refractivity contribution in [2.45, 2.75) is 25.8 Å². The molecular weight excluding hydrogens is 442 g/mol. The number of furan rings is 1. The molecule has 7 nitrogen and oxygen atoms in total. The van der Waals surface area contributed by atoms with Crippen molar-refractivity contribution in [3.8, 4) is 11.1 Å². The lowest BCUT2D eigenvalue weighted by atomic mass is 9.99. The number of carbonyl (C=O) groups is 2. The Morgan fingerprint density at radius 3 is 2.58 bits per heavy atom. The highest BCUT2D eigenvalue weighted by Gasteiger charge is 2.22. The van der Waals surface area contributed by atoms with E-state index >= 15 is 0 Å². The van der Waals surface area contributed by atoms with Gasteiger partial charge in [-0.15, -0.1) is 0 Å². The number of hydrogen-bond donors (Lipinski definition) is 2. The number of nitrogens with one attached hydrogen (secondary N) is 1. The van der Waals surface area contributed by atoms with E-state index in [2.05, 4.69) is 5.32 Å². The van der Waals surface area contributed by atoms with Crippen LogP contribution in [0.1, 0.15) is 17.5 Å². The molecule has 1 unspecified atom stereocenters. The molecule has 1 amide bonds. The molecule has 2 heterocycles. The summed E-state index contributed by atoms with van der Waals surface area (Å²) in [6, 6.07) is 12.4. The fourth-order valence-electron chi connectivity index (χ4n) is 3.85. The number of amides is 1. The van der Waals surface area contributed by atoms with Crippen molar-refractivity contribution < 1.29 is 23.5 Å². The highest BCUT2D eigenvalue weighted by Crippen LogP contribution is 2.34. The Morgan fingerprint density at radius 2 is 1.88 bits per heavy atom. The second-order valence-corrected chi connectivity index (χ2v) is 8.76. The molecule has 0 aliphatic carbocycles. The molecule has 0 aliphatic heterocycles. The van der Waals surface area contributed by atoms with E-state index in [1.807, 2.05) is 42.7 Å². The summed E-state index contributed by atoms with van der Waals surface area (Å²) in [6.45, 7) is 1.76. The second-order valence-electron chi connectivity index (χ2n) is 7.77. The Balaban J connectivity index is 1.70. The molecule has 4 rings (SSSR count). The van der Waals surface area contributed by atoms with Crippen molar-refractivity contribution in [3.05, 3.63) is 70.3 Å². The van der Waals surface area contributed by atoms with Crippen LogP contribution >= 0.6 is 11.8 Å². The van der Waals surface area contributed by atoms with Crippen LogP contribution in [0, 0.1) is 6.92 Å². The number of hydrogen-bond acceptors (Lipinski definition) is 6. The van der Waals surface area contributed by atoms with Gasteiger partial charge in [0.25, 0.3) is 0 Å². The number of aryl methyl sites for hydroxylation is 1. The van der Waals surface area contributed by atoms with Crippen LogP contribution in [0.4, 0.5) is 0 Å². The van der Waals surface area contributed by atoms with E-state index in [-0.39, 0.29) is 12.0 Å². The van der Waals surface area contributed by atoms with E-state index < -0.39 is 23.5 Å². The molecule has 170 valence electrons. The molecule has 0 radical (unpaired) electrons. The highest BCUT2D eigenvalue weighted by atomic mass is 32.2. The first-order chi connectivity index (χ1) is 15.9. The number of fused-ring (bicyclic) bond motifs is 2. The monoisotopic (exact) mass is 465 g/mol. The minimum atomic E-state index is -1.10. The third-order valence-electron chi connectivity index (χ3n) is 5.65. The van der Waals surface area contributed by atoms with Gasteiger partial charge < -0.3 is 19.3 Å². The lowest BCUT2D eigenvalue weighted by Gasteiger charge is -2.14. The summed E-state index contributed by atoms with van der Waals surface area (Å²) in [4.78, 5) is 36.6. The van der Waals surface area contributed by atoms with Gasteiger partial charge in [-0.1, -0.05) is 30.3 Å². The van der Waals surface area contributed by atoms with Crippen LogP contribution in [0.3, 0.4) is 0 Å². The zero-order valence-corrected chi connectivity index (χ0v) is 19.0. The van der Waals surface area contributed by atoms with Crippen LogP contribution in [0.15, 0.2) is 62.4 Å². The van der Waals surface area contributed by atoms with Crippen molar-refractivity contribution in [1.29, 1.82) is 0 Å². The van der Waals surface area contributed by atoms with E-state index in [1.54, 1.807) is 19.3 Å². The fraction of sp³-hybridized carbons (Fsp3) is 0.240. The summed E-state index contributed by atoms with van der Waals surface area (Å²) in [6.07, 6.45) is 3.57. The molecule has 0 spiro atoms. The molecular formula is C25H23NO6S. The minimum Gasteiger partial charge on any atom is -0.480 e. The molecule has 2 aromatic heterocycles. The SMILES string of the molecule is CSCCC(NC(=O)Cc1c(C)c2cc3c(-c4ccccc4)coc3cc2oc1=O)C(=O)O. The Morgan fingerprint density at radius 1 is 1.12 bits per heavy atom. The van der Waals surface area contributed by atoms with Crippen molar-refractivity contribution >= 4 is 45.6 Å². The van der Waals surface area contributed by atoms with Crippen LogP contribution in [0.25, 0.3) is 33.1 Å². The normalized spacial score (nSPS) is 12.2. The molecule has 2 aromatic carbocycles. The third-order valence-corrected chi connectivity index (χ3v) is 6.29. The lowest BCUT2D eigenvalue weighted by Crippen LogP contribution is -2.42. The Kier molecular flexibility index (Phi) is 6.55. The third kappa shape index (κ3) is 4.66. The van der Waals surface area contributed by atoms with Crippen LogP contribution < -0.4 is 10.9 Å². The number of benzene rings is 2. The first-order valence-electron chi connectivity index (χ1n) is 10.4. The summed E-state index contributed by atoms with van der Waals surface area (Å²) in [7, 11) is 0. The standard InChI is InChI=1S/C25H23NO6S/c1-14-16-10-18-19(15-6-4-3-5-7-15)13-31-21(18)12-22(16)32-25(30)17(14)11-23(27)26-20(24(28)29)8-9-33-2/h3-7,10,12-13,20H,8-9,11H2,1-2H3,(H,26,27)(H,28,29). The van der Waals surface area contributed by atoms with E-state index in [0.717, 1.165) is 16.5 Å². The number of carboxylic acids is 1. The number of rotatable bonds is 8. The largest absolute Gasteiger partial charge is 0.480 e. The maximum Gasteiger partial charge on any atom is 0.340 e. The molecule has 33 heavy (non-hydrogen) atoms. The minimum absolute atomic E-state index is 0.207. The predicted octanol–water partition coefficient (Wildman–Crippen LogP) is 4.38. The van der Waals surface area contributed by atoms with Gasteiger partial charge >= 0.3 is 11.6 Å². The van der Waals surface area contributed by atoms with Crippen LogP contribution in [-0.2, 0) is 16.0 Å². The summed E-state index contributed by atoms with van der Waals surface area (Å²) in [5, 5.41) is 13.4. The molecule has 0 fully saturated rings. The quantitative estimate of drug-likeness (QED) is 0.372. The van der Waals surface area contributed by atoms with Crippen molar-refractivity contribution in [2.24, 2.45) is 0 Å². The van der Waals surface area contributed by atoms with Crippen molar-refractivity contribution in [3.63, 3.8) is 0 Å². The van der Waals surface area contributed by atoms with Gasteiger partial charge in [-0.2, -0.15) is 11.8 Å².